The SMILES string of the molecule is C=CC(=O)CSc1ccc(C(N)=O)cn1.C=CCC. The van der Waals surface area contributed by atoms with Gasteiger partial charge in [-0.1, -0.05) is 31.3 Å². The van der Waals surface area contributed by atoms with Crippen molar-refractivity contribution in [3.05, 3.63) is 49.2 Å². The van der Waals surface area contributed by atoms with E-state index >= 15 is 0 Å². The molecule has 2 N–H and O–H groups in total. The van der Waals surface area contributed by atoms with Crippen molar-refractivity contribution < 1.29 is 9.59 Å². The highest BCUT2D eigenvalue weighted by atomic mass is 32.2. The number of nitrogens with two attached hydrogens (primary N) is 1. The van der Waals surface area contributed by atoms with Gasteiger partial charge in [-0.3, -0.25) is 9.59 Å². The monoisotopic (exact) mass is 278 g/mol. The average molecular weight is 278 g/mol. The van der Waals surface area contributed by atoms with Gasteiger partial charge in [0.15, 0.2) is 5.78 Å². The van der Waals surface area contributed by atoms with Gasteiger partial charge < -0.3 is 5.73 Å². The summed E-state index contributed by atoms with van der Waals surface area (Å²) in [7, 11) is 0. The molecule has 0 atom stereocenters. The van der Waals surface area contributed by atoms with Crippen LogP contribution in [-0.2, 0) is 4.79 Å². The van der Waals surface area contributed by atoms with Crippen molar-refractivity contribution in [2.24, 2.45) is 5.73 Å². The number of ketones is 1. The molecule has 19 heavy (non-hydrogen) atoms. The second kappa shape index (κ2) is 10.1. The van der Waals surface area contributed by atoms with Gasteiger partial charge in [-0.25, -0.2) is 4.98 Å². The van der Waals surface area contributed by atoms with Gasteiger partial charge in [-0.05, 0) is 24.6 Å². The van der Waals surface area contributed by atoms with Gasteiger partial charge in [0.25, 0.3) is 0 Å². The average Bonchev–Trinajstić information content (AvgIpc) is 2.45. The maximum absolute atomic E-state index is 10.9. The number of primary amides is 1. The highest BCUT2D eigenvalue weighted by Gasteiger charge is 2.02. The van der Waals surface area contributed by atoms with E-state index in [1.807, 2.05) is 6.08 Å². The maximum atomic E-state index is 10.9. The molecular formula is C14H18N2O2S. The number of hydrogen-bond donors (Lipinski definition) is 1. The van der Waals surface area contributed by atoms with Gasteiger partial charge in [0, 0.05) is 6.20 Å². The fourth-order valence-electron chi connectivity index (χ4n) is 0.815. The lowest BCUT2D eigenvalue weighted by Gasteiger charge is -1.99. The molecule has 0 aliphatic carbocycles. The van der Waals surface area contributed by atoms with E-state index in [-0.39, 0.29) is 5.78 Å². The topological polar surface area (TPSA) is 73.1 Å². The predicted molar refractivity (Wildman–Crippen MR) is 79.2 cm³/mol. The summed E-state index contributed by atoms with van der Waals surface area (Å²) >= 11 is 1.29. The van der Waals surface area contributed by atoms with Crippen molar-refractivity contribution in [2.45, 2.75) is 18.4 Å². The van der Waals surface area contributed by atoms with Crippen LogP contribution in [0.25, 0.3) is 0 Å². The zero-order valence-electron chi connectivity index (χ0n) is 11.0. The van der Waals surface area contributed by atoms with E-state index in [0.717, 1.165) is 6.42 Å². The highest BCUT2D eigenvalue weighted by Crippen LogP contribution is 2.15. The quantitative estimate of drug-likeness (QED) is 0.493. The van der Waals surface area contributed by atoms with Crippen LogP contribution in [0, 0.1) is 0 Å². The van der Waals surface area contributed by atoms with E-state index < -0.39 is 5.91 Å². The first-order valence-electron chi connectivity index (χ1n) is 5.69. The summed E-state index contributed by atoms with van der Waals surface area (Å²) in [6.07, 6.45) is 5.62. The third kappa shape index (κ3) is 7.94. The minimum Gasteiger partial charge on any atom is -0.366 e. The molecule has 4 nitrogen and oxygen atoms in total. The van der Waals surface area contributed by atoms with Crippen molar-refractivity contribution >= 4 is 23.5 Å². The zero-order valence-corrected chi connectivity index (χ0v) is 11.8. The van der Waals surface area contributed by atoms with E-state index in [9.17, 15) is 9.59 Å². The van der Waals surface area contributed by atoms with Crippen LogP contribution in [0.2, 0.25) is 0 Å². The minimum atomic E-state index is -0.513. The smallest absolute Gasteiger partial charge is 0.250 e. The molecule has 0 aliphatic rings. The molecule has 0 bridgehead atoms. The molecule has 0 aliphatic heterocycles. The van der Waals surface area contributed by atoms with Crippen LogP contribution in [0.1, 0.15) is 23.7 Å². The number of amides is 1. The van der Waals surface area contributed by atoms with Gasteiger partial charge in [0.2, 0.25) is 5.91 Å². The third-order valence-corrected chi connectivity index (χ3v) is 2.87. The van der Waals surface area contributed by atoms with Gasteiger partial charge >= 0.3 is 0 Å². The van der Waals surface area contributed by atoms with Gasteiger partial charge in [0.1, 0.15) is 0 Å². The van der Waals surface area contributed by atoms with Gasteiger partial charge in [0.05, 0.1) is 16.3 Å². The lowest BCUT2D eigenvalue weighted by molar-refractivity contribution is -0.112. The number of pyridine rings is 1. The summed E-state index contributed by atoms with van der Waals surface area (Å²) in [4.78, 5) is 25.6. The number of rotatable bonds is 6. The van der Waals surface area contributed by atoms with Crippen LogP contribution < -0.4 is 5.73 Å². The molecule has 0 fully saturated rings. The Labute approximate surface area is 117 Å². The number of allylic oxidation sites excluding steroid dienone is 2. The molecule has 1 aromatic rings. The largest absolute Gasteiger partial charge is 0.366 e. The Bertz CT molecular complexity index is 441. The molecular weight excluding hydrogens is 260 g/mol. The summed E-state index contributed by atoms with van der Waals surface area (Å²) in [5.41, 5.74) is 5.41. The highest BCUT2D eigenvalue weighted by molar-refractivity contribution is 7.99. The van der Waals surface area contributed by atoms with Crippen molar-refractivity contribution in [2.75, 3.05) is 5.75 Å². The lowest BCUT2D eigenvalue weighted by atomic mass is 10.3. The first-order valence-corrected chi connectivity index (χ1v) is 6.68. The fourth-order valence-corrected chi connectivity index (χ4v) is 1.51. The summed E-state index contributed by atoms with van der Waals surface area (Å²) in [5, 5.41) is 0.676. The Balaban J connectivity index is 0.000000711. The molecule has 0 radical (unpaired) electrons. The van der Waals surface area contributed by atoms with Crippen LogP contribution in [-0.4, -0.2) is 22.4 Å². The zero-order chi connectivity index (χ0) is 14.7. The van der Waals surface area contributed by atoms with Crippen LogP contribution >= 0.6 is 11.8 Å². The number of hydrogen-bond acceptors (Lipinski definition) is 4. The Hall–Kier alpha value is -1.88. The molecule has 1 rings (SSSR count). The molecule has 5 heteroatoms. The lowest BCUT2D eigenvalue weighted by Crippen LogP contribution is -2.11. The van der Waals surface area contributed by atoms with Gasteiger partial charge in [-0.15, -0.1) is 6.58 Å². The molecule has 1 heterocycles. The van der Waals surface area contributed by atoms with E-state index in [2.05, 4.69) is 25.1 Å². The molecule has 0 aromatic carbocycles. The van der Waals surface area contributed by atoms with Crippen molar-refractivity contribution in [3.8, 4) is 0 Å². The standard InChI is InChI=1S/C10H10N2O2S.C4H8/c1-2-8(13)6-15-9-4-3-7(5-12-9)10(11)14;1-3-4-2/h2-5H,1,6H2,(H2,11,14);3H,1,4H2,2H3. The molecule has 0 spiro atoms. The van der Waals surface area contributed by atoms with Crippen LogP contribution in [0.3, 0.4) is 0 Å². The molecule has 1 amide bonds. The molecule has 1 aromatic heterocycles. The summed E-state index contributed by atoms with van der Waals surface area (Å²) in [6, 6.07) is 3.23. The molecule has 0 saturated heterocycles. The predicted octanol–water partition coefficient (Wildman–Crippen LogP) is 2.61. The fraction of sp³-hybridized carbons (Fsp3) is 0.214. The number of nitrogens with zero attached hydrogens (tertiary/aromatic N) is 1. The van der Waals surface area contributed by atoms with Crippen LogP contribution in [0.5, 0.6) is 0 Å². The Morgan fingerprint density at radius 3 is 2.42 bits per heavy atom. The van der Waals surface area contributed by atoms with Crippen molar-refractivity contribution in [3.63, 3.8) is 0 Å². The number of thioether (sulfide) groups is 1. The Kier molecular flexibility index (Phi) is 9.08. The first-order chi connectivity index (χ1) is 9.04. The van der Waals surface area contributed by atoms with Crippen LogP contribution in [0.15, 0.2) is 48.7 Å². The normalized spacial score (nSPS) is 8.89. The Morgan fingerprint density at radius 2 is 2.05 bits per heavy atom. The minimum absolute atomic E-state index is 0.0548. The summed E-state index contributed by atoms with van der Waals surface area (Å²) in [5.74, 6) is -0.270. The molecule has 0 saturated carbocycles. The van der Waals surface area contributed by atoms with Crippen LogP contribution in [0.4, 0.5) is 0 Å². The number of aromatic nitrogens is 1. The van der Waals surface area contributed by atoms with Crippen molar-refractivity contribution in [1.82, 2.24) is 4.98 Å². The second-order valence-corrected chi connectivity index (χ2v) is 4.40. The summed E-state index contributed by atoms with van der Waals surface area (Å²) < 4.78 is 0. The van der Waals surface area contributed by atoms with E-state index in [1.165, 1.54) is 24.0 Å². The number of carbonyl (C=O) groups excluding carboxylic acids is 2. The number of carbonyl (C=O) groups is 2. The first kappa shape index (κ1) is 17.1. The van der Waals surface area contributed by atoms with Gasteiger partial charge in [-0.2, -0.15) is 0 Å². The Morgan fingerprint density at radius 1 is 1.42 bits per heavy atom. The molecule has 0 unspecified atom stereocenters. The maximum Gasteiger partial charge on any atom is 0.250 e. The third-order valence-electron chi connectivity index (χ3n) is 1.90. The second-order valence-electron chi connectivity index (χ2n) is 3.41. The van der Waals surface area contributed by atoms with Crippen molar-refractivity contribution in [1.29, 1.82) is 0 Å². The molecule has 102 valence electrons. The van der Waals surface area contributed by atoms with E-state index in [1.54, 1.807) is 12.1 Å². The van der Waals surface area contributed by atoms with E-state index in [0.29, 0.717) is 16.3 Å². The summed E-state index contributed by atoms with van der Waals surface area (Å²) in [6.45, 7) is 8.91. The van der Waals surface area contributed by atoms with E-state index in [4.69, 9.17) is 5.73 Å².